The first-order valence-electron chi connectivity index (χ1n) is 18.3. The topological polar surface area (TPSA) is 78.4 Å². The van der Waals surface area contributed by atoms with Crippen molar-refractivity contribution in [2.45, 2.75) is 206 Å². The molecular weight excluding hydrogens is 508 g/mol. The molecule has 2 amide bonds. The molecule has 0 aromatic carbocycles. The SMILES string of the molecule is CCCCCCCCCCCCCCCC(=O)NCC(CCO)NC(=O)CCCCCCCCCCCCCCC. The Kier molecular flexibility index (Phi) is 32.5. The predicted octanol–water partition coefficient (Wildman–Crippen LogP) is 9.93. The zero-order valence-corrected chi connectivity index (χ0v) is 27.8. The van der Waals surface area contributed by atoms with Gasteiger partial charge in [0, 0.05) is 32.0 Å². The first-order chi connectivity index (χ1) is 20.1. The van der Waals surface area contributed by atoms with Crippen LogP contribution in [0, 0.1) is 0 Å². The highest BCUT2D eigenvalue weighted by Gasteiger charge is 2.13. The molecule has 0 aliphatic heterocycles. The van der Waals surface area contributed by atoms with Gasteiger partial charge >= 0.3 is 0 Å². The van der Waals surface area contributed by atoms with Crippen molar-refractivity contribution < 1.29 is 14.7 Å². The van der Waals surface area contributed by atoms with Crippen LogP contribution in [0.2, 0.25) is 0 Å². The number of unbranched alkanes of at least 4 members (excludes halogenated alkanes) is 24. The quantitative estimate of drug-likeness (QED) is 0.0676. The van der Waals surface area contributed by atoms with Gasteiger partial charge in [-0.3, -0.25) is 9.59 Å². The number of hydrogen-bond acceptors (Lipinski definition) is 3. The number of aliphatic hydroxyl groups is 1. The van der Waals surface area contributed by atoms with E-state index in [9.17, 15) is 14.7 Å². The summed E-state index contributed by atoms with van der Waals surface area (Å²) in [7, 11) is 0. The number of nitrogens with one attached hydrogen (secondary N) is 2. The largest absolute Gasteiger partial charge is 0.396 e. The van der Waals surface area contributed by atoms with Gasteiger partial charge in [-0.15, -0.1) is 0 Å². The minimum Gasteiger partial charge on any atom is -0.396 e. The van der Waals surface area contributed by atoms with Gasteiger partial charge in [0.2, 0.25) is 11.8 Å². The van der Waals surface area contributed by atoms with Crippen molar-refractivity contribution in [1.82, 2.24) is 10.6 Å². The monoisotopic (exact) mass is 581 g/mol. The number of amides is 2. The summed E-state index contributed by atoms with van der Waals surface area (Å²) in [4.78, 5) is 24.6. The molecule has 5 heteroatoms. The van der Waals surface area contributed by atoms with Crippen LogP contribution in [-0.4, -0.2) is 36.1 Å². The molecule has 1 atom stereocenters. The van der Waals surface area contributed by atoms with Gasteiger partial charge in [-0.1, -0.05) is 168 Å². The zero-order chi connectivity index (χ0) is 30.1. The van der Waals surface area contributed by atoms with Gasteiger partial charge in [0.05, 0.1) is 0 Å². The molecule has 41 heavy (non-hydrogen) atoms. The average Bonchev–Trinajstić information content (AvgIpc) is 2.96. The summed E-state index contributed by atoms with van der Waals surface area (Å²) in [6, 6.07) is -0.190. The van der Waals surface area contributed by atoms with Crippen LogP contribution >= 0.6 is 0 Å². The highest BCUT2D eigenvalue weighted by molar-refractivity contribution is 5.77. The van der Waals surface area contributed by atoms with Crippen LogP contribution in [0.3, 0.4) is 0 Å². The van der Waals surface area contributed by atoms with E-state index < -0.39 is 0 Å². The van der Waals surface area contributed by atoms with Crippen LogP contribution in [-0.2, 0) is 9.59 Å². The fourth-order valence-electron chi connectivity index (χ4n) is 5.61. The summed E-state index contributed by atoms with van der Waals surface area (Å²) >= 11 is 0. The van der Waals surface area contributed by atoms with Crippen LogP contribution in [0.4, 0.5) is 0 Å². The summed E-state index contributed by atoms with van der Waals surface area (Å²) in [6.45, 7) is 4.95. The normalized spacial score (nSPS) is 12.0. The maximum atomic E-state index is 12.4. The number of aliphatic hydroxyl groups excluding tert-OH is 1. The van der Waals surface area contributed by atoms with Crippen LogP contribution < -0.4 is 10.6 Å². The van der Waals surface area contributed by atoms with E-state index in [4.69, 9.17) is 0 Å². The minimum atomic E-state index is -0.190. The van der Waals surface area contributed by atoms with Crippen molar-refractivity contribution in [2.24, 2.45) is 0 Å². The highest BCUT2D eigenvalue weighted by Crippen LogP contribution is 2.14. The molecule has 0 saturated carbocycles. The molecule has 0 bridgehead atoms. The van der Waals surface area contributed by atoms with Crippen molar-refractivity contribution in [3.05, 3.63) is 0 Å². The Labute approximate surface area is 256 Å². The third-order valence-electron chi connectivity index (χ3n) is 8.40. The molecule has 0 saturated heterocycles. The van der Waals surface area contributed by atoms with Gasteiger partial charge in [0.25, 0.3) is 0 Å². The Bertz CT molecular complexity index is 555. The second kappa shape index (κ2) is 33.4. The lowest BCUT2D eigenvalue weighted by molar-refractivity contribution is -0.123. The van der Waals surface area contributed by atoms with Crippen molar-refractivity contribution in [1.29, 1.82) is 0 Å². The van der Waals surface area contributed by atoms with Gasteiger partial charge in [-0.2, -0.15) is 0 Å². The molecule has 0 aliphatic rings. The predicted molar refractivity (Wildman–Crippen MR) is 177 cm³/mol. The highest BCUT2D eigenvalue weighted by atomic mass is 16.3. The fraction of sp³-hybridized carbons (Fsp3) is 0.944. The second-order valence-electron chi connectivity index (χ2n) is 12.6. The van der Waals surface area contributed by atoms with Crippen molar-refractivity contribution in [2.75, 3.05) is 13.2 Å². The number of carbonyl (C=O) groups is 2. The molecule has 0 spiro atoms. The smallest absolute Gasteiger partial charge is 0.220 e. The molecule has 0 aromatic heterocycles. The lowest BCUT2D eigenvalue weighted by Gasteiger charge is -2.18. The molecule has 0 radical (unpaired) electrons. The average molecular weight is 581 g/mol. The third kappa shape index (κ3) is 31.7. The first-order valence-corrected chi connectivity index (χ1v) is 18.3. The van der Waals surface area contributed by atoms with Gasteiger partial charge in [-0.05, 0) is 19.3 Å². The molecule has 0 rings (SSSR count). The van der Waals surface area contributed by atoms with Crippen molar-refractivity contribution in [3.8, 4) is 0 Å². The van der Waals surface area contributed by atoms with Crippen LogP contribution in [0.25, 0.3) is 0 Å². The molecule has 0 heterocycles. The molecule has 0 aliphatic carbocycles. The number of hydrogen-bond donors (Lipinski definition) is 3. The van der Waals surface area contributed by atoms with E-state index in [0.29, 0.717) is 25.8 Å². The van der Waals surface area contributed by atoms with Crippen LogP contribution in [0.1, 0.15) is 200 Å². The van der Waals surface area contributed by atoms with Gasteiger partial charge < -0.3 is 15.7 Å². The zero-order valence-electron chi connectivity index (χ0n) is 27.8. The maximum absolute atomic E-state index is 12.4. The van der Waals surface area contributed by atoms with E-state index in [1.165, 1.54) is 141 Å². The van der Waals surface area contributed by atoms with Crippen LogP contribution in [0.5, 0.6) is 0 Å². The van der Waals surface area contributed by atoms with Crippen molar-refractivity contribution in [3.63, 3.8) is 0 Å². The lowest BCUT2D eigenvalue weighted by Crippen LogP contribution is -2.44. The Morgan fingerprint density at radius 1 is 0.488 bits per heavy atom. The minimum absolute atomic E-state index is 0.0123. The van der Waals surface area contributed by atoms with Gasteiger partial charge in [0.15, 0.2) is 0 Å². The molecule has 5 nitrogen and oxygen atoms in total. The summed E-state index contributed by atoms with van der Waals surface area (Å²) in [5.74, 6) is 0.0963. The molecule has 3 N–H and O–H groups in total. The van der Waals surface area contributed by atoms with E-state index in [0.717, 1.165) is 25.7 Å². The Balaban J connectivity index is 3.63. The number of rotatable bonds is 33. The first kappa shape index (κ1) is 39.9. The summed E-state index contributed by atoms with van der Waals surface area (Å²) < 4.78 is 0. The van der Waals surface area contributed by atoms with Crippen molar-refractivity contribution >= 4 is 11.8 Å². The number of carbonyl (C=O) groups excluding carboxylic acids is 2. The summed E-state index contributed by atoms with van der Waals surface area (Å²) in [5, 5.41) is 15.4. The molecule has 0 fully saturated rings. The van der Waals surface area contributed by atoms with E-state index in [1.54, 1.807) is 0 Å². The summed E-state index contributed by atoms with van der Waals surface area (Å²) in [5.41, 5.74) is 0. The molecule has 244 valence electrons. The Morgan fingerprint density at radius 2 is 0.805 bits per heavy atom. The molecule has 1 unspecified atom stereocenters. The fourth-order valence-corrected chi connectivity index (χ4v) is 5.61. The second-order valence-corrected chi connectivity index (χ2v) is 12.6. The third-order valence-corrected chi connectivity index (χ3v) is 8.40. The molecular formula is C36H72N2O3. The Morgan fingerprint density at radius 3 is 1.15 bits per heavy atom. The molecule has 0 aromatic rings. The van der Waals surface area contributed by atoms with E-state index >= 15 is 0 Å². The Hall–Kier alpha value is -1.10. The van der Waals surface area contributed by atoms with Crippen LogP contribution in [0.15, 0.2) is 0 Å². The van der Waals surface area contributed by atoms with E-state index in [-0.39, 0.29) is 24.5 Å². The standard InChI is InChI=1S/C36H72N2O3/c1-3-5-7-9-11-13-15-17-19-21-23-25-27-29-35(40)37-33-34(31-32-39)38-36(41)30-28-26-24-22-20-18-16-14-12-10-8-6-4-2/h34,39H,3-33H2,1-2H3,(H,37,40)(H,38,41). The van der Waals surface area contributed by atoms with Gasteiger partial charge in [-0.25, -0.2) is 0 Å². The summed E-state index contributed by atoms with van der Waals surface area (Å²) in [6.07, 6.45) is 35.3. The maximum Gasteiger partial charge on any atom is 0.220 e. The lowest BCUT2D eigenvalue weighted by atomic mass is 10.0. The van der Waals surface area contributed by atoms with E-state index in [1.807, 2.05) is 0 Å². The van der Waals surface area contributed by atoms with Gasteiger partial charge in [0.1, 0.15) is 0 Å². The van der Waals surface area contributed by atoms with E-state index in [2.05, 4.69) is 24.5 Å².